The normalized spacial score (nSPS) is 26.5. The van der Waals surface area contributed by atoms with Crippen molar-refractivity contribution in [2.45, 2.75) is 64.5 Å². The third-order valence-corrected chi connectivity index (χ3v) is 7.29. The zero-order chi connectivity index (χ0) is 22.1. The summed E-state index contributed by atoms with van der Waals surface area (Å²) in [5.74, 6) is 1.52. The summed E-state index contributed by atoms with van der Waals surface area (Å²) in [6.07, 6.45) is 5.99. The van der Waals surface area contributed by atoms with Crippen molar-refractivity contribution in [1.82, 2.24) is 4.90 Å². The lowest BCUT2D eigenvalue weighted by molar-refractivity contribution is -0.113. The molecule has 1 aliphatic carbocycles. The van der Waals surface area contributed by atoms with Gasteiger partial charge in [-0.3, -0.25) is 4.79 Å². The molecule has 3 aliphatic rings. The first-order chi connectivity index (χ1) is 14.9. The van der Waals surface area contributed by atoms with Crippen LogP contribution in [0.5, 0.6) is 5.75 Å². The van der Waals surface area contributed by atoms with Crippen molar-refractivity contribution in [3.05, 3.63) is 23.8 Å². The number of amides is 2. The van der Waals surface area contributed by atoms with Crippen molar-refractivity contribution in [2.24, 2.45) is 22.7 Å². The Morgan fingerprint density at radius 1 is 1.13 bits per heavy atom. The van der Waals surface area contributed by atoms with Gasteiger partial charge in [-0.1, -0.05) is 19.0 Å². The van der Waals surface area contributed by atoms with Crippen molar-refractivity contribution < 1.29 is 19.5 Å². The summed E-state index contributed by atoms with van der Waals surface area (Å²) in [7, 11) is 0. The smallest absolute Gasteiger partial charge is 0.409 e. The maximum absolute atomic E-state index is 13.0. The topological polar surface area (TPSA) is 108 Å². The standard InChI is InChI=1S/C23H32N4O4/c1-14(2)15-3-5-16(6-4-15)26-11-9-17(10-12-26)27-20-8-7-18(31-23(24)29)13-19(20)21(25-30)22(27)28/h7-8,13-17,30H,3-6,9-12H2,1-2H3,(H2,24,29). The SMILES string of the molecule is CC(C)C1CCC(N2CCC(N3C(=O)C(=NO)c4cc(OC(N)=O)ccc43)CC2)CC1. The van der Waals surface area contributed by atoms with Gasteiger partial charge in [0.1, 0.15) is 5.75 Å². The lowest BCUT2D eigenvalue weighted by atomic mass is 9.79. The maximum atomic E-state index is 13.0. The monoisotopic (exact) mass is 428 g/mol. The lowest BCUT2D eigenvalue weighted by Crippen LogP contribution is -2.50. The van der Waals surface area contributed by atoms with E-state index in [4.69, 9.17) is 10.5 Å². The van der Waals surface area contributed by atoms with Crippen molar-refractivity contribution in [1.29, 1.82) is 0 Å². The van der Waals surface area contributed by atoms with Gasteiger partial charge in [-0.15, -0.1) is 0 Å². The van der Waals surface area contributed by atoms with Crippen molar-refractivity contribution in [3.8, 4) is 5.75 Å². The predicted molar refractivity (Wildman–Crippen MR) is 118 cm³/mol. The van der Waals surface area contributed by atoms with E-state index in [0.29, 0.717) is 17.3 Å². The van der Waals surface area contributed by atoms with Crippen LogP contribution in [0, 0.1) is 11.8 Å². The van der Waals surface area contributed by atoms with Crippen LogP contribution in [0.25, 0.3) is 0 Å². The summed E-state index contributed by atoms with van der Waals surface area (Å²) >= 11 is 0. The zero-order valence-corrected chi connectivity index (χ0v) is 18.3. The molecule has 2 fully saturated rings. The lowest BCUT2D eigenvalue weighted by Gasteiger charge is -2.43. The number of hydrogen-bond donors (Lipinski definition) is 2. The van der Waals surface area contributed by atoms with Crippen LogP contribution in [0.3, 0.4) is 0 Å². The second kappa shape index (κ2) is 8.86. The Morgan fingerprint density at radius 2 is 1.81 bits per heavy atom. The van der Waals surface area contributed by atoms with E-state index in [2.05, 4.69) is 23.9 Å². The third-order valence-electron chi connectivity index (χ3n) is 7.29. The molecule has 3 N–H and O–H groups in total. The Morgan fingerprint density at radius 3 is 2.39 bits per heavy atom. The van der Waals surface area contributed by atoms with Crippen molar-refractivity contribution in [3.63, 3.8) is 0 Å². The summed E-state index contributed by atoms with van der Waals surface area (Å²) in [5, 5.41) is 12.7. The number of primary amides is 1. The van der Waals surface area contributed by atoms with Crippen LogP contribution < -0.4 is 15.4 Å². The molecule has 168 valence electrons. The molecule has 8 nitrogen and oxygen atoms in total. The number of fused-ring (bicyclic) bond motifs is 1. The molecular weight excluding hydrogens is 396 g/mol. The molecular formula is C23H32N4O4. The van der Waals surface area contributed by atoms with Gasteiger partial charge >= 0.3 is 6.09 Å². The molecule has 1 aromatic rings. The van der Waals surface area contributed by atoms with Gasteiger partial charge in [-0.25, -0.2) is 4.79 Å². The molecule has 4 rings (SSSR count). The minimum absolute atomic E-state index is 0.0284. The Bertz CT molecular complexity index is 868. The van der Waals surface area contributed by atoms with E-state index in [1.54, 1.807) is 17.0 Å². The van der Waals surface area contributed by atoms with Gasteiger partial charge in [-0.2, -0.15) is 0 Å². The van der Waals surface area contributed by atoms with Crippen LogP contribution in [0.4, 0.5) is 10.5 Å². The molecule has 0 spiro atoms. The van der Waals surface area contributed by atoms with E-state index < -0.39 is 6.09 Å². The highest BCUT2D eigenvalue weighted by atomic mass is 16.5. The number of carbonyl (C=O) groups is 2. The molecule has 0 aromatic heterocycles. The fourth-order valence-corrected chi connectivity index (χ4v) is 5.53. The highest BCUT2D eigenvalue weighted by molar-refractivity contribution is 6.54. The first-order valence-electron chi connectivity index (χ1n) is 11.3. The first-order valence-corrected chi connectivity index (χ1v) is 11.3. The molecule has 2 heterocycles. The summed E-state index contributed by atoms with van der Waals surface area (Å²) in [6, 6.07) is 5.56. The maximum Gasteiger partial charge on any atom is 0.409 e. The van der Waals surface area contributed by atoms with Crippen LogP contribution in [-0.2, 0) is 4.79 Å². The Hall–Kier alpha value is -2.61. The van der Waals surface area contributed by atoms with Gasteiger partial charge in [0, 0.05) is 30.7 Å². The number of rotatable bonds is 4. The molecule has 2 aliphatic heterocycles. The second-order valence-electron chi connectivity index (χ2n) is 9.30. The van der Waals surface area contributed by atoms with Crippen LogP contribution in [0.15, 0.2) is 23.4 Å². The van der Waals surface area contributed by atoms with E-state index in [0.717, 1.165) is 37.8 Å². The number of nitrogens with two attached hydrogens (primary N) is 1. The largest absolute Gasteiger partial charge is 0.410 e. The number of ether oxygens (including phenoxy) is 1. The number of benzene rings is 1. The molecule has 2 amide bonds. The molecule has 1 aromatic carbocycles. The van der Waals surface area contributed by atoms with Crippen molar-refractivity contribution in [2.75, 3.05) is 18.0 Å². The van der Waals surface area contributed by atoms with E-state index in [9.17, 15) is 14.8 Å². The Labute approximate surface area is 183 Å². The number of piperidine rings is 1. The average Bonchev–Trinajstić information content (AvgIpc) is 3.04. The number of anilines is 1. The molecule has 1 saturated carbocycles. The summed E-state index contributed by atoms with van der Waals surface area (Å²) < 4.78 is 4.92. The second-order valence-corrected chi connectivity index (χ2v) is 9.30. The molecule has 0 bridgehead atoms. The number of nitrogens with zero attached hydrogens (tertiary/aromatic N) is 3. The number of likely N-dealkylation sites (tertiary alicyclic amines) is 1. The number of oxime groups is 1. The van der Waals surface area contributed by atoms with Gasteiger partial charge in [0.05, 0.1) is 5.69 Å². The van der Waals surface area contributed by atoms with Crippen molar-refractivity contribution >= 4 is 23.4 Å². The van der Waals surface area contributed by atoms with Gasteiger partial charge in [0.25, 0.3) is 5.91 Å². The fraction of sp³-hybridized carbons (Fsp3) is 0.609. The van der Waals surface area contributed by atoms with E-state index in [-0.39, 0.29) is 23.4 Å². The fourth-order valence-electron chi connectivity index (χ4n) is 5.53. The molecule has 1 saturated heterocycles. The minimum Gasteiger partial charge on any atom is -0.410 e. The van der Waals surface area contributed by atoms with Crippen LogP contribution in [0.1, 0.15) is 57.9 Å². The summed E-state index contributed by atoms with van der Waals surface area (Å²) in [4.78, 5) is 28.4. The highest BCUT2D eigenvalue weighted by Crippen LogP contribution is 2.38. The third kappa shape index (κ3) is 4.26. The van der Waals surface area contributed by atoms with Gasteiger partial charge in [-0.05, 0) is 68.6 Å². The Kier molecular flexibility index (Phi) is 6.18. The average molecular weight is 429 g/mol. The number of hydrogen-bond acceptors (Lipinski definition) is 6. The predicted octanol–water partition coefficient (Wildman–Crippen LogP) is 3.35. The first kappa shape index (κ1) is 21.6. The zero-order valence-electron chi connectivity index (χ0n) is 18.3. The van der Waals surface area contributed by atoms with Gasteiger partial charge in [0.15, 0.2) is 5.71 Å². The molecule has 0 atom stereocenters. The van der Waals surface area contributed by atoms with E-state index in [1.165, 1.54) is 31.7 Å². The van der Waals surface area contributed by atoms with Crippen LogP contribution in [0.2, 0.25) is 0 Å². The quantitative estimate of drug-likeness (QED) is 0.565. The van der Waals surface area contributed by atoms with E-state index in [1.807, 2.05) is 0 Å². The number of carbonyl (C=O) groups excluding carboxylic acids is 2. The molecule has 0 radical (unpaired) electrons. The minimum atomic E-state index is -0.932. The van der Waals surface area contributed by atoms with Gasteiger partial charge in [0.2, 0.25) is 0 Å². The highest BCUT2D eigenvalue weighted by Gasteiger charge is 2.41. The van der Waals surface area contributed by atoms with Crippen LogP contribution in [-0.4, -0.2) is 53.0 Å². The summed E-state index contributed by atoms with van der Waals surface area (Å²) in [6.45, 7) is 6.59. The van der Waals surface area contributed by atoms with E-state index >= 15 is 0 Å². The van der Waals surface area contributed by atoms with Crippen LogP contribution >= 0.6 is 0 Å². The van der Waals surface area contributed by atoms with Gasteiger partial charge < -0.3 is 25.5 Å². The molecule has 8 heteroatoms. The molecule has 31 heavy (non-hydrogen) atoms. The summed E-state index contributed by atoms with van der Waals surface area (Å²) in [5.41, 5.74) is 6.20. The Balaban J connectivity index is 1.43. The molecule has 0 unspecified atom stereocenters.